The van der Waals surface area contributed by atoms with Crippen LogP contribution in [-0.2, 0) is 10.6 Å². The van der Waals surface area contributed by atoms with Crippen LogP contribution in [0.5, 0.6) is 5.88 Å². The van der Waals surface area contributed by atoms with Crippen LogP contribution in [0.1, 0.15) is 12.2 Å². The summed E-state index contributed by atoms with van der Waals surface area (Å²) in [4.78, 5) is 8.80. The molecule has 0 bridgehead atoms. The van der Waals surface area contributed by atoms with Crippen molar-refractivity contribution in [1.82, 2.24) is 9.97 Å². The molecule has 0 amide bonds. The summed E-state index contributed by atoms with van der Waals surface area (Å²) in [6.45, 7) is 2.19. The largest absolute Gasteiger partial charge is 0.477 e. The van der Waals surface area contributed by atoms with Crippen molar-refractivity contribution >= 4 is 38.4 Å². The number of rotatable bonds is 4. The van der Waals surface area contributed by atoms with E-state index >= 15 is 0 Å². The highest BCUT2D eigenvalue weighted by Crippen LogP contribution is 2.27. The summed E-state index contributed by atoms with van der Waals surface area (Å²) >= 11 is 9.31. The molecule has 1 unspecified atom stereocenters. The number of hydrogen-bond acceptors (Lipinski definition) is 4. The highest BCUT2D eigenvalue weighted by molar-refractivity contribution is 9.10. The molecule has 3 rings (SSSR count). The van der Waals surface area contributed by atoms with Crippen molar-refractivity contribution in [2.24, 2.45) is 5.92 Å². The number of nitrogens with zero attached hydrogens (tertiary/aromatic N) is 2. The van der Waals surface area contributed by atoms with Crippen molar-refractivity contribution < 1.29 is 9.47 Å². The molecule has 0 radical (unpaired) electrons. The van der Waals surface area contributed by atoms with Gasteiger partial charge in [0, 0.05) is 17.0 Å². The van der Waals surface area contributed by atoms with Crippen LogP contribution in [-0.4, -0.2) is 29.8 Å². The Morgan fingerprint density at radius 2 is 2.30 bits per heavy atom. The molecular weight excluding hydrogens is 344 g/mol. The van der Waals surface area contributed by atoms with Gasteiger partial charge in [-0.3, -0.25) is 0 Å². The molecule has 0 spiro atoms. The van der Waals surface area contributed by atoms with E-state index in [9.17, 15) is 0 Å². The number of fused-ring (bicyclic) bond motifs is 1. The topological polar surface area (TPSA) is 44.2 Å². The maximum Gasteiger partial charge on any atom is 0.224 e. The molecule has 1 aromatic carbocycles. The first kappa shape index (κ1) is 14.0. The van der Waals surface area contributed by atoms with Gasteiger partial charge in [0.05, 0.1) is 30.0 Å². The van der Waals surface area contributed by atoms with Crippen molar-refractivity contribution in [2.75, 3.05) is 19.8 Å². The van der Waals surface area contributed by atoms with Gasteiger partial charge in [-0.05, 0) is 24.6 Å². The van der Waals surface area contributed by atoms with Crippen molar-refractivity contribution in [1.29, 1.82) is 0 Å². The van der Waals surface area contributed by atoms with E-state index in [2.05, 4.69) is 25.9 Å². The van der Waals surface area contributed by atoms with E-state index in [0.717, 1.165) is 35.0 Å². The standard InChI is InChI=1S/C14H14BrClN2O2/c15-10-1-2-12-11(5-10)14(18-13(6-16)17-12)20-8-9-3-4-19-7-9/h1-2,5,9H,3-4,6-8H2. The summed E-state index contributed by atoms with van der Waals surface area (Å²) in [6.07, 6.45) is 1.04. The van der Waals surface area contributed by atoms with Crippen LogP contribution in [0.2, 0.25) is 0 Å². The zero-order valence-corrected chi connectivity index (χ0v) is 13.2. The minimum Gasteiger partial charge on any atom is -0.477 e. The van der Waals surface area contributed by atoms with Gasteiger partial charge in [0.1, 0.15) is 5.82 Å². The average Bonchev–Trinajstić information content (AvgIpc) is 2.98. The molecular formula is C14H14BrClN2O2. The van der Waals surface area contributed by atoms with Gasteiger partial charge in [0.25, 0.3) is 0 Å². The Morgan fingerprint density at radius 1 is 1.40 bits per heavy atom. The van der Waals surface area contributed by atoms with E-state index in [0.29, 0.717) is 24.2 Å². The zero-order valence-electron chi connectivity index (χ0n) is 10.8. The van der Waals surface area contributed by atoms with Crippen molar-refractivity contribution in [3.8, 4) is 5.88 Å². The van der Waals surface area contributed by atoms with Gasteiger partial charge in [0.2, 0.25) is 5.88 Å². The first-order valence-electron chi connectivity index (χ1n) is 6.49. The first-order chi connectivity index (χ1) is 9.76. The first-order valence-corrected chi connectivity index (χ1v) is 7.81. The second-order valence-corrected chi connectivity index (χ2v) is 5.96. The maximum absolute atomic E-state index is 5.89. The molecule has 1 aromatic heterocycles. The molecule has 106 valence electrons. The fraction of sp³-hybridized carbons (Fsp3) is 0.429. The van der Waals surface area contributed by atoms with E-state index in [-0.39, 0.29) is 5.88 Å². The van der Waals surface area contributed by atoms with E-state index in [1.54, 1.807) is 0 Å². The Bertz CT molecular complexity index is 617. The number of aromatic nitrogens is 2. The predicted octanol–water partition coefficient (Wildman–Crippen LogP) is 3.55. The van der Waals surface area contributed by atoms with E-state index in [1.807, 2.05) is 18.2 Å². The van der Waals surface area contributed by atoms with Crippen LogP contribution in [0.3, 0.4) is 0 Å². The molecule has 6 heteroatoms. The molecule has 20 heavy (non-hydrogen) atoms. The minimum atomic E-state index is 0.273. The Morgan fingerprint density at radius 3 is 3.05 bits per heavy atom. The SMILES string of the molecule is ClCc1nc(OCC2CCOC2)c2cc(Br)ccc2n1. The summed E-state index contributed by atoms with van der Waals surface area (Å²) in [5, 5.41) is 0.896. The minimum absolute atomic E-state index is 0.273. The van der Waals surface area contributed by atoms with Crippen LogP contribution < -0.4 is 4.74 Å². The van der Waals surface area contributed by atoms with Crippen molar-refractivity contribution in [3.05, 3.63) is 28.5 Å². The lowest BCUT2D eigenvalue weighted by Crippen LogP contribution is -2.13. The summed E-state index contributed by atoms with van der Waals surface area (Å²) in [6, 6.07) is 5.85. The number of hydrogen-bond donors (Lipinski definition) is 0. The molecule has 0 saturated carbocycles. The maximum atomic E-state index is 5.89. The van der Waals surface area contributed by atoms with E-state index < -0.39 is 0 Å². The normalized spacial score (nSPS) is 18.6. The molecule has 1 aliphatic rings. The van der Waals surface area contributed by atoms with Gasteiger partial charge in [-0.2, -0.15) is 4.98 Å². The Labute approximate surface area is 130 Å². The third-order valence-electron chi connectivity index (χ3n) is 3.27. The number of halogens is 2. The van der Waals surface area contributed by atoms with Crippen LogP contribution in [0.15, 0.2) is 22.7 Å². The Kier molecular flexibility index (Phi) is 4.38. The Hall–Kier alpha value is -0.910. The number of alkyl halides is 1. The van der Waals surface area contributed by atoms with Gasteiger partial charge in [0.15, 0.2) is 0 Å². The zero-order chi connectivity index (χ0) is 13.9. The molecule has 2 heterocycles. The molecule has 1 atom stereocenters. The van der Waals surface area contributed by atoms with Crippen molar-refractivity contribution in [2.45, 2.75) is 12.3 Å². The van der Waals surface area contributed by atoms with E-state index in [4.69, 9.17) is 21.1 Å². The van der Waals surface area contributed by atoms with E-state index in [1.165, 1.54) is 0 Å². The smallest absolute Gasteiger partial charge is 0.224 e. The van der Waals surface area contributed by atoms with Gasteiger partial charge < -0.3 is 9.47 Å². The quantitative estimate of drug-likeness (QED) is 0.785. The molecule has 1 fully saturated rings. The lowest BCUT2D eigenvalue weighted by atomic mass is 10.1. The average molecular weight is 358 g/mol. The highest BCUT2D eigenvalue weighted by atomic mass is 79.9. The summed E-state index contributed by atoms with van der Waals surface area (Å²) in [5.41, 5.74) is 0.844. The highest BCUT2D eigenvalue weighted by Gasteiger charge is 2.17. The third-order valence-corrected chi connectivity index (χ3v) is 4.00. The summed E-state index contributed by atoms with van der Waals surface area (Å²) in [5.74, 6) is 1.89. The fourth-order valence-electron chi connectivity index (χ4n) is 2.20. The molecule has 1 aliphatic heterocycles. The molecule has 4 nitrogen and oxygen atoms in total. The number of benzene rings is 1. The second kappa shape index (κ2) is 6.24. The summed E-state index contributed by atoms with van der Waals surface area (Å²) in [7, 11) is 0. The molecule has 2 aromatic rings. The third kappa shape index (κ3) is 3.05. The van der Waals surface area contributed by atoms with Crippen LogP contribution >= 0.6 is 27.5 Å². The lowest BCUT2D eigenvalue weighted by molar-refractivity contribution is 0.166. The monoisotopic (exact) mass is 356 g/mol. The Balaban J connectivity index is 1.91. The molecule has 0 N–H and O–H groups in total. The van der Waals surface area contributed by atoms with Gasteiger partial charge in [-0.1, -0.05) is 15.9 Å². The summed E-state index contributed by atoms with van der Waals surface area (Å²) < 4.78 is 12.2. The van der Waals surface area contributed by atoms with Crippen LogP contribution in [0.25, 0.3) is 10.9 Å². The van der Waals surface area contributed by atoms with Gasteiger partial charge >= 0.3 is 0 Å². The molecule has 0 aliphatic carbocycles. The number of ether oxygens (including phenoxy) is 2. The fourth-order valence-corrected chi connectivity index (χ4v) is 2.68. The van der Waals surface area contributed by atoms with Gasteiger partial charge in [-0.15, -0.1) is 11.6 Å². The second-order valence-electron chi connectivity index (χ2n) is 4.78. The predicted molar refractivity (Wildman–Crippen MR) is 81.2 cm³/mol. The van der Waals surface area contributed by atoms with Crippen LogP contribution in [0, 0.1) is 5.92 Å². The lowest BCUT2D eigenvalue weighted by Gasteiger charge is -2.12. The van der Waals surface area contributed by atoms with Crippen LogP contribution in [0.4, 0.5) is 0 Å². The van der Waals surface area contributed by atoms with Gasteiger partial charge in [-0.25, -0.2) is 4.98 Å². The van der Waals surface area contributed by atoms with Crippen molar-refractivity contribution in [3.63, 3.8) is 0 Å². The molecule has 1 saturated heterocycles.